The Morgan fingerprint density at radius 3 is 2.81 bits per heavy atom. The van der Waals surface area contributed by atoms with Crippen molar-refractivity contribution in [3.63, 3.8) is 0 Å². The van der Waals surface area contributed by atoms with Gasteiger partial charge >= 0.3 is 0 Å². The Balaban J connectivity index is 1.98. The van der Waals surface area contributed by atoms with Gasteiger partial charge in [-0.2, -0.15) is 4.98 Å². The van der Waals surface area contributed by atoms with Crippen molar-refractivity contribution in [1.82, 2.24) is 9.97 Å². The Hall–Kier alpha value is -1.81. The molecule has 2 rings (SSSR count). The lowest BCUT2D eigenvalue weighted by molar-refractivity contribution is 0.740. The lowest BCUT2D eigenvalue weighted by Gasteiger charge is -2.09. The van der Waals surface area contributed by atoms with Gasteiger partial charge in [-0.3, -0.25) is 0 Å². The van der Waals surface area contributed by atoms with E-state index in [4.69, 9.17) is 11.6 Å². The molecule has 0 aliphatic carbocycles. The summed E-state index contributed by atoms with van der Waals surface area (Å²) in [6, 6.07) is 7.70. The Kier molecular flexibility index (Phi) is 5.81. The van der Waals surface area contributed by atoms with Crippen molar-refractivity contribution in [2.45, 2.75) is 33.1 Å². The minimum absolute atomic E-state index is 0.648. The van der Waals surface area contributed by atoms with Crippen LogP contribution in [-0.2, 0) is 0 Å². The van der Waals surface area contributed by atoms with E-state index >= 15 is 0 Å². The average molecular weight is 305 g/mol. The number of nitrogens with zero attached hydrogens (tertiary/aromatic N) is 2. The number of unbranched alkanes of at least 4 members (excludes halogenated alkanes) is 2. The van der Waals surface area contributed by atoms with E-state index < -0.39 is 0 Å². The number of nitrogens with one attached hydrogen (secondary N) is 2. The second-order valence-corrected chi connectivity index (χ2v) is 5.40. The monoisotopic (exact) mass is 304 g/mol. The zero-order valence-electron chi connectivity index (χ0n) is 12.5. The van der Waals surface area contributed by atoms with Crippen LogP contribution in [0.5, 0.6) is 0 Å². The van der Waals surface area contributed by atoms with Gasteiger partial charge in [0.2, 0.25) is 5.95 Å². The molecule has 0 saturated carbocycles. The second-order valence-electron chi connectivity index (χ2n) is 4.99. The minimum Gasteiger partial charge on any atom is -0.354 e. The van der Waals surface area contributed by atoms with Crippen molar-refractivity contribution >= 4 is 29.1 Å². The Morgan fingerprint density at radius 2 is 2.05 bits per heavy atom. The summed E-state index contributed by atoms with van der Waals surface area (Å²) in [4.78, 5) is 8.66. The van der Waals surface area contributed by atoms with Crippen molar-refractivity contribution in [1.29, 1.82) is 0 Å². The first-order valence-electron chi connectivity index (χ1n) is 7.29. The molecule has 0 amide bonds. The van der Waals surface area contributed by atoms with Crippen LogP contribution in [0.25, 0.3) is 0 Å². The van der Waals surface area contributed by atoms with Crippen LogP contribution < -0.4 is 10.6 Å². The number of hydrogen-bond donors (Lipinski definition) is 2. The maximum Gasteiger partial charge on any atom is 0.224 e. The first-order valence-corrected chi connectivity index (χ1v) is 7.67. The van der Waals surface area contributed by atoms with E-state index in [2.05, 4.69) is 27.5 Å². The molecular formula is C16H21ClN4. The normalized spacial score (nSPS) is 10.4. The van der Waals surface area contributed by atoms with E-state index in [1.54, 1.807) is 6.20 Å². The molecule has 1 aromatic carbocycles. The molecule has 0 aliphatic heterocycles. The molecule has 0 bridgehead atoms. The third kappa shape index (κ3) is 4.90. The lowest BCUT2D eigenvalue weighted by atomic mass is 10.2. The number of aromatic nitrogens is 2. The Bertz CT molecular complexity index is 586. The summed E-state index contributed by atoms with van der Waals surface area (Å²) in [7, 11) is 0. The highest BCUT2D eigenvalue weighted by molar-refractivity contribution is 6.31. The summed E-state index contributed by atoms with van der Waals surface area (Å²) in [5.41, 5.74) is 1.98. The summed E-state index contributed by atoms with van der Waals surface area (Å²) >= 11 is 6.12. The quantitative estimate of drug-likeness (QED) is 0.722. The Labute approximate surface area is 131 Å². The maximum absolute atomic E-state index is 6.12. The summed E-state index contributed by atoms with van der Waals surface area (Å²) in [5, 5.41) is 7.22. The molecule has 0 unspecified atom stereocenters. The molecule has 2 aromatic rings. The van der Waals surface area contributed by atoms with E-state index in [1.807, 2.05) is 31.2 Å². The van der Waals surface area contributed by atoms with Gasteiger partial charge in [0.05, 0.1) is 0 Å². The summed E-state index contributed by atoms with van der Waals surface area (Å²) < 4.78 is 0. The smallest absolute Gasteiger partial charge is 0.224 e. The summed E-state index contributed by atoms with van der Waals surface area (Å²) in [6.07, 6.45) is 5.30. The van der Waals surface area contributed by atoms with Gasteiger partial charge in [-0.05, 0) is 37.1 Å². The summed E-state index contributed by atoms with van der Waals surface area (Å²) in [6.45, 7) is 5.07. The standard InChI is InChI=1S/C16H21ClN4/c1-3-4-5-9-18-16-19-10-8-15(21-16)20-13-7-6-12(2)14(17)11-13/h6-8,10-11H,3-5,9H2,1-2H3,(H2,18,19,20,21). The molecule has 0 saturated heterocycles. The fraction of sp³-hybridized carbons (Fsp3) is 0.375. The molecule has 4 nitrogen and oxygen atoms in total. The molecule has 0 radical (unpaired) electrons. The average Bonchev–Trinajstić information content (AvgIpc) is 2.48. The number of anilines is 3. The zero-order chi connectivity index (χ0) is 15.1. The van der Waals surface area contributed by atoms with Crippen molar-refractivity contribution in [2.75, 3.05) is 17.2 Å². The molecule has 1 aromatic heterocycles. The van der Waals surface area contributed by atoms with Crippen LogP contribution in [0.3, 0.4) is 0 Å². The van der Waals surface area contributed by atoms with E-state index in [9.17, 15) is 0 Å². The fourth-order valence-corrected chi connectivity index (χ4v) is 2.09. The van der Waals surface area contributed by atoms with Crippen molar-refractivity contribution in [3.05, 3.63) is 41.0 Å². The molecular weight excluding hydrogens is 284 g/mol. The van der Waals surface area contributed by atoms with Crippen molar-refractivity contribution < 1.29 is 0 Å². The van der Waals surface area contributed by atoms with Gasteiger partial charge in [-0.15, -0.1) is 0 Å². The molecule has 0 fully saturated rings. The molecule has 21 heavy (non-hydrogen) atoms. The van der Waals surface area contributed by atoms with Crippen molar-refractivity contribution in [2.24, 2.45) is 0 Å². The van der Waals surface area contributed by atoms with Crippen LogP contribution in [0.4, 0.5) is 17.5 Å². The fourth-order valence-electron chi connectivity index (χ4n) is 1.91. The van der Waals surface area contributed by atoms with Crippen LogP contribution in [0.2, 0.25) is 5.02 Å². The summed E-state index contributed by atoms with van der Waals surface area (Å²) in [5.74, 6) is 1.40. The van der Waals surface area contributed by atoms with E-state index in [1.165, 1.54) is 12.8 Å². The van der Waals surface area contributed by atoms with E-state index in [0.29, 0.717) is 5.95 Å². The third-order valence-corrected chi connectivity index (χ3v) is 3.57. The van der Waals surface area contributed by atoms with Gasteiger partial charge in [0, 0.05) is 23.5 Å². The maximum atomic E-state index is 6.12. The number of hydrogen-bond acceptors (Lipinski definition) is 4. The molecule has 0 spiro atoms. The van der Waals surface area contributed by atoms with E-state index in [0.717, 1.165) is 35.1 Å². The molecule has 5 heteroatoms. The highest BCUT2D eigenvalue weighted by Gasteiger charge is 2.01. The minimum atomic E-state index is 0.648. The van der Waals surface area contributed by atoms with Gasteiger partial charge in [0.1, 0.15) is 5.82 Å². The molecule has 2 N–H and O–H groups in total. The van der Waals surface area contributed by atoms with Crippen LogP contribution in [0.1, 0.15) is 31.7 Å². The second kappa shape index (κ2) is 7.84. The largest absolute Gasteiger partial charge is 0.354 e. The predicted octanol–water partition coefficient (Wildman–Crippen LogP) is 4.78. The van der Waals surface area contributed by atoms with Gasteiger partial charge in [0.25, 0.3) is 0 Å². The molecule has 1 heterocycles. The number of rotatable bonds is 7. The zero-order valence-corrected chi connectivity index (χ0v) is 13.2. The van der Waals surface area contributed by atoms with Gasteiger partial charge in [-0.25, -0.2) is 4.98 Å². The topological polar surface area (TPSA) is 49.8 Å². The van der Waals surface area contributed by atoms with E-state index in [-0.39, 0.29) is 0 Å². The number of aryl methyl sites for hydroxylation is 1. The van der Waals surface area contributed by atoms with Crippen LogP contribution in [0.15, 0.2) is 30.5 Å². The first kappa shape index (κ1) is 15.6. The molecule has 0 aliphatic rings. The molecule has 0 atom stereocenters. The van der Waals surface area contributed by atoms with Gasteiger partial charge in [-0.1, -0.05) is 37.4 Å². The van der Waals surface area contributed by atoms with Gasteiger partial charge < -0.3 is 10.6 Å². The Morgan fingerprint density at radius 1 is 1.19 bits per heavy atom. The van der Waals surface area contributed by atoms with Crippen molar-refractivity contribution in [3.8, 4) is 0 Å². The van der Waals surface area contributed by atoms with Crippen LogP contribution in [-0.4, -0.2) is 16.5 Å². The number of halogens is 1. The highest BCUT2D eigenvalue weighted by Crippen LogP contribution is 2.22. The van der Waals surface area contributed by atoms with Crippen LogP contribution in [0, 0.1) is 6.92 Å². The SMILES string of the molecule is CCCCCNc1nccc(Nc2ccc(C)c(Cl)c2)n1. The first-order chi connectivity index (χ1) is 10.2. The molecule has 112 valence electrons. The van der Waals surface area contributed by atoms with Gasteiger partial charge in [0.15, 0.2) is 0 Å². The predicted molar refractivity (Wildman–Crippen MR) is 89.5 cm³/mol. The van der Waals surface area contributed by atoms with Crippen LogP contribution >= 0.6 is 11.6 Å². The third-order valence-electron chi connectivity index (χ3n) is 3.16. The number of benzene rings is 1. The highest BCUT2D eigenvalue weighted by atomic mass is 35.5. The lowest BCUT2D eigenvalue weighted by Crippen LogP contribution is -2.06.